The molecule has 0 spiro atoms. The molecule has 3 rings (SSSR count). The van der Waals surface area contributed by atoms with Crippen molar-refractivity contribution in [2.75, 3.05) is 19.0 Å². The predicted molar refractivity (Wildman–Crippen MR) is 119 cm³/mol. The van der Waals surface area contributed by atoms with Crippen LogP contribution >= 0.6 is 11.6 Å². The maximum Gasteiger partial charge on any atom is 0.328 e. The molecule has 0 fully saturated rings. The maximum absolute atomic E-state index is 11.8. The van der Waals surface area contributed by atoms with Crippen molar-refractivity contribution in [1.29, 1.82) is 5.26 Å². The molecule has 2 aromatic carbocycles. The standard InChI is InChI=1S/C22H19ClN4O4/c1-14(13-24)15-10-16(23)12-17(11-15)31-21-18(25-2)4-3-5-19(21)30-9-8-27-7-6-20(28)26-22(27)29/h3-7,10-12,25H,1,8-9H2,2H3,(H,26,28,29). The smallest absolute Gasteiger partial charge is 0.328 e. The molecule has 0 aliphatic carbocycles. The number of hydrogen-bond acceptors (Lipinski definition) is 6. The van der Waals surface area contributed by atoms with Gasteiger partial charge in [0.05, 0.1) is 23.9 Å². The second-order valence-corrected chi connectivity index (χ2v) is 6.84. The largest absolute Gasteiger partial charge is 0.488 e. The van der Waals surface area contributed by atoms with Crippen molar-refractivity contribution in [2.45, 2.75) is 6.54 Å². The summed E-state index contributed by atoms with van der Waals surface area (Å²) in [4.78, 5) is 25.2. The van der Waals surface area contributed by atoms with Crippen LogP contribution < -0.4 is 26.0 Å². The number of benzene rings is 2. The van der Waals surface area contributed by atoms with Crippen LogP contribution in [-0.2, 0) is 6.54 Å². The lowest BCUT2D eigenvalue weighted by Crippen LogP contribution is -2.30. The monoisotopic (exact) mass is 438 g/mol. The summed E-state index contributed by atoms with van der Waals surface area (Å²) in [6.45, 7) is 4.08. The zero-order valence-electron chi connectivity index (χ0n) is 16.6. The number of ether oxygens (including phenoxy) is 2. The number of anilines is 1. The van der Waals surface area contributed by atoms with Gasteiger partial charge < -0.3 is 14.8 Å². The third-order valence-electron chi connectivity index (χ3n) is 4.31. The molecule has 31 heavy (non-hydrogen) atoms. The molecule has 0 bridgehead atoms. The second-order valence-electron chi connectivity index (χ2n) is 6.40. The van der Waals surface area contributed by atoms with E-state index in [2.05, 4.69) is 16.9 Å². The van der Waals surface area contributed by atoms with Crippen LogP contribution in [0.15, 0.2) is 64.8 Å². The van der Waals surface area contributed by atoms with E-state index in [9.17, 15) is 9.59 Å². The molecule has 0 aliphatic heterocycles. The van der Waals surface area contributed by atoms with E-state index in [0.29, 0.717) is 33.5 Å². The minimum Gasteiger partial charge on any atom is -0.488 e. The van der Waals surface area contributed by atoms with Crippen LogP contribution in [0.3, 0.4) is 0 Å². The number of rotatable bonds is 8. The molecule has 0 amide bonds. The summed E-state index contributed by atoms with van der Waals surface area (Å²) < 4.78 is 13.2. The van der Waals surface area contributed by atoms with Crippen molar-refractivity contribution in [1.82, 2.24) is 9.55 Å². The van der Waals surface area contributed by atoms with E-state index in [1.165, 1.54) is 16.8 Å². The molecule has 0 saturated carbocycles. The number of nitrogens with one attached hydrogen (secondary N) is 2. The number of nitrogens with zero attached hydrogens (tertiary/aromatic N) is 2. The lowest BCUT2D eigenvalue weighted by molar-refractivity contribution is 0.283. The first-order valence-electron chi connectivity index (χ1n) is 9.22. The molecule has 3 aromatic rings. The van der Waals surface area contributed by atoms with Crippen LogP contribution in [0, 0.1) is 11.3 Å². The highest BCUT2D eigenvalue weighted by molar-refractivity contribution is 6.31. The van der Waals surface area contributed by atoms with E-state index >= 15 is 0 Å². The summed E-state index contributed by atoms with van der Waals surface area (Å²) >= 11 is 6.17. The van der Waals surface area contributed by atoms with Gasteiger partial charge in [-0.05, 0) is 35.9 Å². The Bertz CT molecular complexity index is 1270. The van der Waals surface area contributed by atoms with Gasteiger partial charge in [-0.1, -0.05) is 24.2 Å². The number of aromatic nitrogens is 2. The first kappa shape index (κ1) is 21.7. The first-order valence-corrected chi connectivity index (χ1v) is 9.60. The van der Waals surface area contributed by atoms with Crippen LogP contribution in [-0.4, -0.2) is 23.2 Å². The molecule has 2 N–H and O–H groups in total. The molecule has 1 heterocycles. The van der Waals surface area contributed by atoms with Crippen LogP contribution in [0.1, 0.15) is 5.56 Å². The predicted octanol–water partition coefficient (Wildman–Crippen LogP) is 3.64. The molecule has 8 nitrogen and oxygen atoms in total. The van der Waals surface area contributed by atoms with E-state index in [-0.39, 0.29) is 18.7 Å². The van der Waals surface area contributed by atoms with Gasteiger partial charge in [0.2, 0.25) is 0 Å². The van der Waals surface area contributed by atoms with Crippen LogP contribution in [0.25, 0.3) is 5.57 Å². The Morgan fingerprint density at radius 3 is 2.81 bits per heavy atom. The number of aromatic amines is 1. The summed E-state index contributed by atoms with van der Waals surface area (Å²) in [5, 5.41) is 12.5. The van der Waals surface area contributed by atoms with E-state index in [1.54, 1.807) is 37.4 Å². The van der Waals surface area contributed by atoms with Gasteiger partial charge in [0, 0.05) is 24.3 Å². The maximum atomic E-state index is 11.8. The molecule has 9 heteroatoms. The Kier molecular flexibility index (Phi) is 6.80. The Morgan fingerprint density at radius 2 is 2.10 bits per heavy atom. The fourth-order valence-corrected chi connectivity index (χ4v) is 3.01. The third-order valence-corrected chi connectivity index (χ3v) is 4.53. The fourth-order valence-electron chi connectivity index (χ4n) is 2.78. The van der Waals surface area contributed by atoms with Gasteiger partial charge in [-0.3, -0.25) is 14.3 Å². The molecular formula is C22H19ClN4O4. The van der Waals surface area contributed by atoms with Crippen LogP contribution in [0.4, 0.5) is 5.69 Å². The van der Waals surface area contributed by atoms with Crippen molar-refractivity contribution in [3.63, 3.8) is 0 Å². The van der Waals surface area contributed by atoms with Gasteiger partial charge in [0.1, 0.15) is 12.4 Å². The Morgan fingerprint density at radius 1 is 1.29 bits per heavy atom. The molecule has 158 valence electrons. The van der Waals surface area contributed by atoms with E-state index in [4.69, 9.17) is 26.3 Å². The molecule has 0 unspecified atom stereocenters. The highest BCUT2D eigenvalue weighted by Crippen LogP contribution is 2.39. The van der Waals surface area contributed by atoms with E-state index < -0.39 is 11.2 Å². The SMILES string of the molecule is C=C(C#N)c1cc(Cl)cc(Oc2c(NC)cccc2OCCn2ccc(=O)[nH]c2=O)c1. The molecule has 1 aromatic heterocycles. The molecule has 0 aliphatic rings. The average Bonchev–Trinajstić information content (AvgIpc) is 2.75. The van der Waals surface area contributed by atoms with E-state index in [0.717, 1.165) is 0 Å². The summed E-state index contributed by atoms with van der Waals surface area (Å²) in [7, 11) is 1.74. The zero-order chi connectivity index (χ0) is 22.4. The number of nitriles is 1. The highest BCUT2D eigenvalue weighted by Gasteiger charge is 2.14. The Balaban J connectivity index is 1.85. The summed E-state index contributed by atoms with van der Waals surface area (Å²) in [6, 6.07) is 13.5. The number of halogens is 1. The summed E-state index contributed by atoms with van der Waals surface area (Å²) in [5.41, 5.74) is 0.503. The van der Waals surface area contributed by atoms with Gasteiger partial charge >= 0.3 is 5.69 Å². The van der Waals surface area contributed by atoms with Gasteiger partial charge in [0.25, 0.3) is 5.56 Å². The van der Waals surface area contributed by atoms with Crippen molar-refractivity contribution in [3.8, 4) is 23.3 Å². The van der Waals surface area contributed by atoms with Gasteiger partial charge in [-0.25, -0.2) is 4.79 Å². The Labute approximate surface area is 182 Å². The zero-order valence-corrected chi connectivity index (χ0v) is 17.4. The minimum absolute atomic E-state index is 0.154. The second kappa shape index (κ2) is 9.69. The molecule has 0 radical (unpaired) electrons. The number of hydrogen-bond donors (Lipinski definition) is 2. The van der Waals surface area contributed by atoms with E-state index in [1.807, 2.05) is 12.1 Å². The van der Waals surface area contributed by atoms with Gasteiger partial charge in [-0.15, -0.1) is 0 Å². The van der Waals surface area contributed by atoms with Crippen molar-refractivity contribution < 1.29 is 9.47 Å². The average molecular weight is 439 g/mol. The summed E-state index contributed by atoms with van der Waals surface area (Å²) in [6.07, 6.45) is 1.40. The van der Waals surface area contributed by atoms with Crippen molar-refractivity contribution in [3.05, 3.63) is 86.7 Å². The molecule has 0 atom stereocenters. The van der Waals surface area contributed by atoms with Gasteiger partial charge in [-0.2, -0.15) is 5.26 Å². The minimum atomic E-state index is -0.513. The Hall–Kier alpha value is -3.96. The number of allylic oxidation sites excluding steroid dienone is 1. The van der Waals surface area contributed by atoms with Crippen LogP contribution in [0.5, 0.6) is 17.2 Å². The number of para-hydroxylation sites is 1. The summed E-state index contributed by atoms with van der Waals surface area (Å²) in [5.74, 6) is 1.25. The first-order chi connectivity index (χ1) is 14.9. The molecular weight excluding hydrogens is 420 g/mol. The lowest BCUT2D eigenvalue weighted by atomic mass is 10.1. The van der Waals surface area contributed by atoms with Crippen molar-refractivity contribution in [2.24, 2.45) is 0 Å². The van der Waals surface area contributed by atoms with Crippen LogP contribution in [0.2, 0.25) is 5.02 Å². The van der Waals surface area contributed by atoms with Crippen molar-refractivity contribution >= 4 is 22.9 Å². The third kappa shape index (κ3) is 5.35. The normalized spacial score (nSPS) is 10.2. The molecule has 0 saturated heterocycles. The topological polar surface area (TPSA) is 109 Å². The fraction of sp³-hybridized carbons (Fsp3) is 0.136. The quantitative estimate of drug-likeness (QED) is 0.520. The lowest BCUT2D eigenvalue weighted by Gasteiger charge is -2.17. The van der Waals surface area contributed by atoms with Gasteiger partial charge in [0.15, 0.2) is 11.5 Å². The highest BCUT2D eigenvalue weighted by atomic mass is 35.5. The number of H-pyrrole nitrogens is 1.